The summed E-state index contributed by atoms with van der Waals surface area (Å²) >= 11 is 0. The van der Waals surface area contributed by atoms with Crippen LogP contribution in [0.1, 0.15) is 24.9 Å². The van der Waals surface area contributed by atoms with Crippen LogP contribution in [-0.2, 0) is 4.74 Å². The Labute approximate surface area is 114 Å². The molecule has 1 aromatic carbocycles. The maximum atomic E-state index is 9.31. The Bertz CT molecular complexity index is 377. The SMILES string of the molecule is CCOc1cccc(C(CCO)N2CCOCC2)c1. The molecule has 4 nitrogen and oxygen atoms in total. The Balaban J connectivity index is 2.14. The topological polar surface area (TPSA) is 41.9 Å². The highest BCUT2D eigenvalue weighted by Crippen LogP contribution is 2.27. The molecule has 1 N–H and O–H groups in total. The summed E-state index contributed by atoms with van der Waals surface area (Å²) in [6.07, 6.45) is 0.746. The van der Waals surface area contributed by atoms with Gasteiger partial charge in [0.05, 0.1) is 19.8 Å². The second-order valence-corrected chi connectivity index (χ2v) is 4.68. The summed E-state index contributed by atoms with van der Waals surface area (Å²) in [7, 11) is 0. The van der Waals surface area contributed by atoms with E-state index in [1.54, 1.807) is 0 Å². The third kappa shape index (κ3) is 3.93. The number of ether oxygens (including phenoxy) is 2. The van der Waals surface area contributed by atoms with Gasteiger partial charge in [0.25, 0.3) is 0 Å². The predicted octanol–water partition coefficient (Wildman–Crippen LogP) is 1.84. The van der Waals surface area contributed by atoms with Crippen molar-refractivity contribution in [2.45, 2.75) is 19.4 Å². The van der Waals surface area contributed by atoms with E-state index in [-0.39, 0.29) is 12.6 Å². The lowest BCUT2D eigenvalue weighted by molar-refractivity contribution is 0.0107. The molecular formula is C15H23NO3. The smallest absolute Gasteiger partial charge is 0.119 e. The van der Waals surface area contributed by atoms with Crippen LogP contribution in [0.4, 0.5) is 0 Å². The molecule has 4 heteroatoms. The molecule has 0 aromatic heterocycles. The van der Waals surface area contributed by atoms with Gasteiger partial charge in [0.15, 0.2) is 0 Å². The highest BCUT2D eigenvalue weighted by molar-refractivity contribution is 5.30. The lowest BCUT2D eigenvalue weighted by Crippen LogP contribution is -2.39. The van der Waals surface area contributed by atoms with Gasteiger partial charge in [0.1, 0.15) is 5.75 Å². The summed E-state index contributed by atoms with van der Waals surface area (Å²) < 4.78 is 11.0. The molecule has 0 bridgehead atoms. The minimum absolute atomic E-state index is 0.195. The van der Waals surface area contributed by atoms with Crippen LogP contribution in [0.15, 0.2) is 24.3 Å². The standard InChI is InChI=1S/C15H23NO3/c1-2-19-14-5-3-4-13(12-14)15(6-9-17)16-7-10-18-11-8-16/h3-5,12,15,17H,2,6-11H2,1H3. The molecule has 0 radical (unpaired) electrons. The monoisotopic (exact) mass is 265 g/mol. The second-order valence-electron chi connectivity index (χ2n) is 4.68. The molecule has 1 unspecified atom stereocenters. The molecule has 0 saturated carbocycles. The normalized spacial score (nSPS) is 18.2. The minimum Gasteiger partial charge on any atom is -0.494 e. The molecule has 1 aliphatic heterocycles. The van der Waals surface area contributed by atoms with Crippen molar-refractivity contribution in [1.29, 1.82) is 0 Å². The van der Waals surface area contributed by atoms with Crippen LogP contribution < -0.4 is 4.74 Å². The number of hydrogen-bond acceptors (Lipinski definition) is 4. The summed E-state index contributed by atoms with van der Waals surface area (Å²) in [6, 6.07) is 8.43. The number of aliphatic hydroxyl groups is 1. The van der Waals surface area contributed by atoms with Crippen LogP contribution in [0, 0.1) is 0 Å². The van der Waals surface area contributed by atoms with Gasteiger partial charge >= 0.3 is 0 Å². The fourth-order valence-electron chi connectivity index (χ4n) is 2.55. The molecule has 0 spiro atoms. The molecule has 0 amide bonds. The lowest BCUT2D eigenvalue weighted by Gasteiger charge is -2.34. The minimum atomic E-state index is 0.195. The summed E-state index contributed by atoms with van der Waals surface area (Å²) in [5, 5.41) is 9.31. The van der Waals surface area contributed by atoms with Crippen molar-refractivity contribution in [1.82, 2.24) is 4.90 Å². The first-order valence-corrected chi connectivity index (χ1v) is 7.00. The lowest BCUT2D eigenvalue weighted by atomic mass is 10.0. The molecule has 1 fully saturated rings. The van der Waals surface area contributed by atoms with Crippen molar-refractivity contribution in [3.05, 3.63) is 29.8 Å². The van der Waals surface area contributed by atoms with E-state index in [4.69, 9.17) is 9.47 Å². The molecule has 0 aliphatic carbocycles. The largest absolute Gasteiger partial charge is 0.494 e. The number of rotatable bonds is 6. The van der Waals surface area contributed by atoms with Crippen molar-refractivity contribution in [3.63, 3.8) is 0 Å². The number of benzene rings is 1. The molecule has 1 aliphatic rings. The summed E-state index contributed by atoms with van der Waals surface area (Å²) in [6.45, 7) is 6.24. The first kappa shape index (κ1) is 14.3. The molecule has 1 atom stereocenters. The molecule has 1 aromatic rings. The van der Waals surface area contributed by atoms with Gasteiger partial charge in [-0.25, -0.2) is 0 Å². The van der Waals surface area contributed by atoms with Crippen molar-refractivity contribution in [2.24, 2.45) is 0 Å². The van der Waals surface area contributed by atoms with Gasteiger partial charge < -0.3 is 14.6 Å². The van der Waals surface area contributed by atoms with Gasteiger partial charge in [-0.2, -0.15) is 0 Å². The van der Waals surface area contributed by atoms with Gasteiger partial charge in [-0.05, 0) is 31.0 Å². The zero-order chi connectivity index (χ0) is 13.5. The zero-order valence-electron chi connectivity index (χ0n) is 11.5. The van der Waals surface area contributed by atoms with E-state index < -0.39 is 0 Å². The maximum absolute atomic E-state index is 9.31. The van der Waals surface area contributed by atoms with Gasteiger partial charge in [0, 0.05) is 25.7 Å². The first-order chi connectivity index (χ1) is 9.35. The fraction of sp³-hybridized carbons (Fsp3) is 0.600. The third-order valence-electron chi connectivity index (χ3n) is 3.44. The van der Waals surface area contributed by atoms with Gasteiger partial charge in [-0.1, -0.05) is 12.1 Å². The summed E-state index contributed by atoms with van der Waals surface area (Å²) in [5.74, 6) is 0.899. The van der Waals surface area contributed by atoms with E-state index >= 15 is 0 Å². The van der Waals surface area contributed by atoms with Crippen LogP contribution in [0.25, 0.3) is 0 Å². The van der Waals surface area contributed by atoms with Crippen LogP contribution >= 0.6 is 0 Å². The van der Waals surface area contributed by atoms with Crippen molar-refractivity contribution in [3.8, 4) is 5.75 Å². The average Bonchev–Trinajstić information content (AvgIpc) is 2.46. The van der Waals surface area contributed by atoms with Gasteiger partial charge in [-0.3, -0.25) is 4.90 Å². The Morgan fingerprint density at radius 2 is 2.16 bits per heavy atom. The number of aliphatic hydroxyl groups excluding tert-OH is 1. The van der Waals surface area contributed by atoms with E-state index in [9.17, 15) is 5.11 Å². The Morgan fingerprint density at radius 3 is 2.84 bits per heavy atom. The third-order valence-corrected chi connectivity index (χ3v) is 3.44. The van der Waals surface area contributed by atoms with Crippen LogP contribution in [0.5, 0.6) is 5.75 Å². The van der Waals surface area contributed by atoms with E-state index in [1.165, 1.54) is 5.56 Å². The Morgan fingerprint density at radius 1 is 1.37 bits per heavy atom. The molecular weight excluding hydrogens is 242 g/mol. The van der Waals surface area contributed by atoms with E-state index in [2.05, 4.69) is 17.0 Å². The molecule has 1 heterocycles. The van der Waals surface area contributed by atoms with E-state index in [0.29, 0.717) is 6.61 Å². The van der Waals surface area contributed by atoms with Gasteiger partial charge in [-0.15, -0.1) is 0 Å². The summed E-state index contributed by atoms with van der Waals surface area (Å²) in [4.78, 5) is 2.38. The van der Waals surface area contributed by atoms with Crippen LogP contribution in [0.2, 0.25) is 0 Å². The Kier molecular flexibility index (Phi) is 5.63. The van der Waals surface area contributed by atoms with Crippen molar-refractivity contribution in [2.75, 3.05) is 39.5 Å². The van der Waals surface area contributed by atoms with Crippen LogP contribution in [-0.4, -0.2) is 49.5 Å². The maximum Gasteiger partial charge on any atom is 0.119 e. The van der Waals surface area contributed by atoms with E-state index in [1.807, 2.05) is 19.1 Å². The average molecular weight is 265 g/mol. The number of hydrogen-bond donors (Lipinski definition) is 1. The molecule has 1 saturated heterocycles. The Hall–Kier alpha value is -1.10. The highest BCUT2D eigenvalue weighted by atomic mass is 16.5. The molecule has 19 heavy (non-hydrogen) atoms. The molecule has 106 valence electrons. The van der Waals surface area contributed by atoms with Crippen LogP contribution in [0.3, 0.4) is 0 Å². The van der Waals surface area contributed by atoms with Gasteiger partial charge in [0.2, 0.25) is 0 Å². The number of nitrogens with zero attached hydrogens (tertiary/aromatic N) is 1. The quantitative estimate of drug-likeness (QED) is 0.852. The summed E-state index contributed by atoms with van der Waals surface area (Å²) in [5.41, 5.74) is 1.21. The second kappa shape index (κ2) is 7.48. The fourth-order valence-corrected chi connectivity index (χ4v) is 2.55. The van der Waals surface area contributed by atoms with Crippen molar-refractivity contribution < 1.29 is 14.6 Å². The van der Waals surface area contributed by atoms with E-state index in [0.717, 1.165) is 38.5 Å². The molecule has 2 rings (SSSR count). The van der Waals surface area contributed by atoms with Crippen molar-refractivity contribution >= 4 is 0 Å². The zero-order valence-corrected chi connectivity index (χ0v) is 11.5. The predicted molar refractivity (Wildman–Crippen MR) is 74.4 cm³/mol. The first-order valence-electron chi connectivity index (χ1n) is 7.00. The highest BCUT2D eigenvalue weighted by Gasteiger charge is 2.22. The number of morpholine rings is 1.